The van der Waals surface area contributed by atoms with E-state index in [0.717, 1.165) is 0 Å². The van der Waals surface area contributed by atoms with Crippen molar-refractivity contribution in [2.45, 2.75) is 159 Å². The van der Waals surface area contributed by atoms with Gasteiger partial charge in [-0.05, 0) is 170 Å². The Labute approximate surface area is 382 Å². The van der Waals surface area contributed by atoms with Gasteiger partial charge in [0, 0.05) is 34.1 Å². The van der Waals surface area contributed by atoms with Gasteiger partial charge in [-0.25, -0.2) is 0 Å². The summed E-state index contributed by atoms with van der Waals surface area (Å²) in [5.41, 5.74) is 26.0. The lowest BCUT2D eigenvalue weighted by Gasteiger charge is -2.45. The molecule has 2 aliphatic rings. The van der Waals surface area contributed by atoms with Gasteiger partial charge in [-0.3, -0.25) is 0 Å². The molecule has 6 aromatic rings. The Kier molecular flexibility index (Phi) is 10.4. The predicted molar refractivity (Wildman–Crippen MR) is 278 cm³/mol. The molecule has 2 nitrogen and oxygen atoms in total. The van der Waals surface area contributed by atoms with Crippen molar-refractivity contribution in [2.24, 2.45) is 0 Å². The van der Waals surface area contributed by atoms with Crippen LogP contribution in [0.2, 0.25) is 0 Å². The molecular weight excluding hydrogens is 759 g/mol. The molecule has 0 fully saturated rings. The van der Waals surface area contributed by atoms with E-state index < -0.39 is 0 Å². The summed E-state index contributed by atoms with van der Waals surface area (Å²) in [5.74, 6) is 0. The van der Waals surface area contributed by atoms with Crippen LogP contribution in [0.5, 0.6) is 0 Å². The van der Waals surface area contributed by atoms with Crippen LogP contribution in [0.1, 0.15) is 154 Å². The van der Waals surface area contributed by atoms with Gasteiger partial charge >= 0.3 is 0 Å². The fraction of sp³-hybridized carbons (Fsp3) is 0.400. The van der Waals surface area contributed by atoms with Gasteiger partial charge < -0.3 is 9.80 Å². The molecule has 0 bridgehead atoms. The third kappa shape index (κ3) is 7.97. The lowest BCUT2D eigenvalue weighted by Crippen LogP contribution is -2.61. The summed E-state index contributed by atoms with van der Waals surface area (Å²) in [6.07, 6.45) is 0. The maximum absolute atomic E-state index is 2.64. The van der Waals surface area contributed by atoms with Gasteiger partial charge in [-0.1, -0.05) is 164 Å². The van der Waals surface area contributed by atoms with Crippen LogP contribution in [-0.2, 0) is 27.1 Å². The molecule has 0 saturated heterocycles. The summed E-state index contributed by atoms with van der Waals surface area (Å²) in [6, 6.07) is 39.2. The van der Waals surface area contributed by atoms with Gasteiger partial charge in [0.1, 0.15) is 0 Å². The number of rotatable bonds is 3. The minimum atomic E-state index is -0.0369. The first-order valence-corrected chi connectivity index (χ1v) is 23.5. The van der Waals surface area contributed by atoms with Gasteiger partial charge in [0.2, 0.25) is 0 Å². The van der Waals surface area contributed by atoms with Gasteiger partial charge in [0.25, 0.3) is 6.71 Å². The molecular formula is C60H73BN2. The summed E-state index contributed by atoms with van der Waals surface area (Å²) >= 11 is 0. The Morgan fingerprint density at radius 1 is 0.349 bits per heavy atom. The second-order valence-electron chi connectivity index (χ2n) is 24.4. The summed E-state index contributed by atoms with van der Waals surface area (Å²) in [6.45, 7) is 44.4. The number of aryl methyl sites for hydroxylation is 4. The van der Waals surface area contributed by atoms with E-state index in [4.69, 9.17) is 0 Å². The summed E-state index contributed by atoms with van der Waals surface area (Å²) in [7, 11) is 0. The fourth-order valence-corrected chi connectivity index (χ4v) is 10.0. The summed E-state index contributed by atoms with van der Waals surface area (Å²) in [5, 5.41) is 0. The third-order valence-electron chi connectivity index (χ3n) is 13.9. The Balaban J connectivity index is 1.57. The molecule has 63 heavy (non-hydrogen) atoms. The van der Waals surface area contributed by atoms with Crippen LogP contribution < -0.4 is 26.2 Å². The number of anilines is 6. The lowest BCUT2D eigenvalue weighted by molar-refractivity contribution is 0.568. The highest BCUT2D eigenvalue weighted by molar-refractivity contribution is 7.00. The standard InChI is InChI=1S/C60H73BN2/c1-36-20-22-50-48(24-36)61-49-25-37(2)21-23-51(49)63(47-34-44(59(14,15)16)31-45(35-47)60(17,18)19)53-29-40(54-38(3)26-41(27-39(54)4)56(5,6)7)28-52(55(53)61)62(50)46-32-42(57(8,9)10)30-43(33-46)58(11,12)13/h20-35H,1-19H3. The first kappa shape index (κ1) is 44.6. The van der Waals surface area contributed by atoms with Crippen molar-refractivity contribution in [2.75, 3.05) is 9.80 Å². The lowest BCUT2D eigenvalue weighted by atomic mass is 9.33. The van der Waals surface area contributed by atoms with E-state index in [1.165, 1.54) is 112 Å². The van der Waals surface area contributed by atoms with Crippen molar-refractivity contribution < 1.29 is 0 Å². The van der Waals surface area contributed by atoms with E-state index in [0.29, 0.717) is 0 Å². The highest BCUT2D eigenvalue weighted by Crippen LogP contribution is 2.49. The number of nitrogens with zero attached hydrogens (tertiary/aromatic N) is 2. The minimum Gasteiger partial charge on any atom is -0.311 e. The fourth-order valence-electron chi connectivity index (χ4n) is 10.0. The molecule has 0 spiro atoms. The first-order chi connectivity index (χ1) is 29.0. The number of benzene rings is 6. The van der Waals surface area contributed by atoms with E-state index in [1.807, 2.05) is 0 Å². The zero-order chi connectivity index (χ0) is 46.1. The van der Waals surface area contributed by atoms with Gasteiger partial charge in [0.05, 0.1) is 0 Å². The molecule has 6 aromatic carbocycles. The Bertz CT molecular complexity index is 2560. The molecule has 3 heteroatoms. The Hall–Kier alpha value is -5.02. The van der Waals surface area contributed by atoms with Crippen molar-refractivity contribution in [3.8, 4) is 11.1 Å². The van der Waals surface area contributed by atoms with Crippen LogP contribution in [0.3, 0.4) is 0 Å². The Morgan fingerprint density at radius 2 is 0.667 bits per heavy atom. The second-order valence-corrected chi connectivity index (χ2v) is 24.4. The molecule has 326 valence electrons. The van der Waals surface area contributed by atoms with Crippen LogP contribution in [0.15, 0.2) is 97.1 Å². The summed E-state index contributed by atoms with van der Waals surface area (Å²) < 4.78 is 0. The molecule has 0 amide bonds. The highest BCUT2D eigenvalue weighted by atomic mass is 15.2. The predicted octanol–water partition coefficient (Wildman–Crippen LogP) is 15.2. The molecule has 0 saturated carbocycles. The molecule has 2 aliphatic heterocycles. The van der Waals surface area contributed by atoms with E-state index in [9.17, 15) is 0 Å². The van der Waals surface area contributed by atoms with Crippen LogP contribution in [0.25, 0.3) is 11.1 Å². The van der Waals surface area contributed by atoms with Crippen LogP contribution in [0, 0.1) is 27.7 Å². The minimum absolute atomic E-state index is 0.0369. The van der Waals surface area contributed by atoms with E-state index in [2.05, 4.69) is 238 Å². The second kappa shape index (κ2) is 14.8. The maximum atomic E-state index is 2.64. The SMILES string of the molecule is Cc1ccc2c(c1)B1c3cc(C)ccc3N(c3cc(C(C)(C)C)cc(C(C)(C)C)c3)c3cc(-c4c(C)cc(C(C)(C)C)cc4C)cc(c31)N2c1cc(C(C)(C)C)cc(C(C)(C)C)c1. The topological polar surface area (TPSA) is 6.48 Å². The largest absolute Gasteiger partial charge is 0.311 e. The number of hydrogen-bond acceptors (Lipinski definition) is 2. The molecule has 0 aliphatic carbocycles. The van der Waals surface area contributed by atoms with Crippen molar-refractivity contribution in [1.29, 1.82) is 0 Å². The van der Waals surface area contributed by atoms with E-state index in [1.54, 1.807) is 0 Å². The first-order valence-electron chi connectivity index (χ1n) is 23.5. The summed E-state index contributed by atoms with van der Waals surface area (Å²) in [4.78, 5) is 5.27. The molecule has 0 unspecified atom stereocenters. The monoisotopic (exact) mass is 833 g/mol. The van der Waals surface area contributed by atoms with Crippen molar-refractivity contribution >= 4 is 57.2 Å². The van der Waals surface area contributed by atoms with Crippen molar-refractivity contribution in [3.05, 3.63) is 147 Å². The quantitative estimate of drug-likeness (QED) is 0.164. The number of hydrogen-bond donors (Lipinski definition) is 0. The number of fused-ring (bicyclic) bond motifs is 4. The maximum Gasteiger partial charge on any atom is 0.252 e. The van der Waals surface area contributed by atoms with E-state index >= 15 is 0 Å². The van der Waals surface area contributed by atoms with E-state index in [-0.39, 0.29) is 33.8 Å². The van der Waals surface area contributed by atoms with Gasteiger partial charge in [-0.2, -0.15) is 0 Å². The van der Waals surface area contributed by atoms with Crippen LogP contribution >= 0.6 is 0 Å². The van der Waals surface area contributed by atoms with Gasteiger partial charge in [0.15, 0.2) is 0 Å². The highest BCUT2D eigenvalue weighted by Gasteiger charge is 2.44. The third-order valence-corrected chi connectivity index (χ3v) is 13.9. The molecule has 2 heterocycles. The Morgan fingerprint density at radius 3 is 0.984 bits per heavy atom. The smallest absolute Gasteiger partial charge is 0.252 e. The molecule has 0 aromatic heterocycles. The zero-order valence-electron chi connectivity index (χ0n) is 42.2. The molecule has 0 N–H and O–H groups in total. The molecule has 0 atom stereocenters. The molecule has 0 radical (unpaired) electrons. The average molecular weight is 833 g/mol. The molecule has 8 rings (SSSR count). The van der Waals surface area contributed by atoms with Crippen molar-refractivity contribution in [3.63, 3.8) is 0 Å². The van der Waals surface area contributed by atoms with Gasteiger partial charge in [-0.15, -0.1) is 0 Å². The average Bonchev–Trinajstić information content (AvgIpc) is 3.15. The van der Waals surface area contributed by atoms with Crippen LogP contribution in [0.4, 0.5) is 34.1 Å². The van der Waals surface area contributed by atoms with Crippen molar-refractivity contribution in [1.82, 2.24) is 0 Å². The van der Waals surface area contributed by atoms with Crippen LogP contribution in [-0.4, -0.2) is 6.71 Å². The normalized spacial score (nSPS) is 14.2. The zero-order valence-corrected chi connectivity index (χ0v) is 42.2.